The van der Waals surface area contributed by atoms with Gasteiger partial charge in [-0.3, -0.25) is 5.10 Å². The highest BCUT2D eigenvalue weighted by molar-refractivity contribution is 5.89. The number of nitrogens with zero attached hydrogens (tertiary/aromatic N) is 4. The summed E-state index contributed by atoms with van der Waals surface area (Å²) in [5.74, 6) is 0.936. The number of anilines is 2. The molecule has 0 saturated heterocycles. The minimum absolute atomic E-state index is 0.785. The number of hydrogen-bond acceptors (Lipinski definition) is 4. The molecule has 1 aliphatic heterocycles. The number of hydrogen-bond donors (Lipinski definition) is 1. The zero-order valence-corrected chi connectivity index (χ0v) is 10.4. The largest absolute Gasteiger partial charge is 0.325 e. The SMILES string of the molecule is c1ccc2c(c1)CCCN2c1ncnc2[nH]ncc12. The number of aryl methyl sites for hydroxylation is 1. The summed E-state index contributed by atoms with van der Waals surface area (Å²) in [4.78, 5) is 10.9. The number of H-pyrrole nitrogens is 1. The quantitative estimate of drug-likeness (QED) is 0.721. The number of nitrogens with one attached hydrogen (secondary N) is 1. The fourth-order valence-corrected chi connectivity index (χ4v) is 2.72. The lowest BCUT2D eigenvalue weighted by molar-refractivity contribution is 0.761. The van der Waals surface area contributed by atoms with Gasteiger partial charge in [-0.15, -0.1) is 0 Å². The number of fused-ring (bicyclic) bond motifs is 2. The Bertz CT molecular complexity index is 733. The lowest BCUT2D eigenvalue weighted by Gasteiger charge is -2.30. The first-order chi connectivity index (χ1) is 9.43. The molecule has 1 N–H and O–H groups in total. The minimum Gasteiger partial charge on any atom is -0.325 e. The first-order valence-electron chi connectivity index (χ1n) is 6.43. The van der Waals surface area contributed by atoms with Crippen molar-refractivity contribution >= 4 is 22.5 Å². The third-order valence-electron chi connectivity index (χ3n) is 3.59. The van der Waals surface area contributed by atoms with E-state index in [-0.39, 0.29) is 0 Å². The summed E-state index contributed by atoms with van der Waals surface area (Å²) < 4.78 is 0. The van der Waals surface area contributed by atoms with Crippen molar-refractivity contribution in [1.29, 1.82) is 0 Å². The number of aromatic nitrogens is 4. The maximum Gasteiger partial charge on any atom is 0.160 e. The Morgan fingerprint density at radius 2 is 2.11 bits per heavy atom. The van der Waals surface area contributed by atoms with E-state index in [1.807, 2.05) is 0 Å². The van der Waals surface area contributed by atoms with Crippen LogP contribution in [0.25, 0.3) is 11.0 Å². The third-order valence-corrected chi connectivity index (χ3v) is 3.59. The average Bonchev–Trinajstić information content (AvgIpc) is 2.95. The van der Waals surface area contributed by atoms with E-state index in [9.17, 15) is 0 Å². The van der Waals surface area contributed by atoms with Gasteiger partial charge in [-0.2, -0.15) is 5.10 Å². The number of rotatable bonds is 1. The molecule has 0 bridgehead atoms. The summed E-state index contributed by atoms with van der Waals surface area (Å²) in [7, 11) is 0. The monoisotopic (exact) mass is 251 g/mol. The lowest BCUT2D eigenvalue weighted by Crippen LogP contribution is -2.25. The van der Waals surface area contributed by atoms with Gasteiger partial charge in [0, 0.05) is 12.2 Å². The fraction of sp³-hybridized carbons (Fsp3) is 0.214. The van der Waals surface area contributed by atoms with Crippen LogP contribution in [0.4, 0.5) is 11.5 Å². The molecule has 1 aliphatic rings. The van der Waals surface area contributed by atoms with Gasteiger partial charge in [0.05, 0.1) is 11.6 Å². The molecule has 0 spiro atoms. The number of aromatic amines is 1. The van der Waals surface area contributed by atoms with Crippen LogP contribution >= 0.6 is 0 Å². The maximum absolute atomic E-state index is 4.46. The van der Waals surface area contributed by atoms with E-state index in [0.717, 1.165) is 36.2 Å². The molecule has 4 rings (SSSR count). The smallest absolute Gasteiger partial charge is 0.160 e. The minimum atomic E-state index is 0.785. The molecule has 0 aliphatic carbocycles. The van der Waals surface area contributed by atoms with Gasteiger partial charge in [0.25, 0.3) is 0 Å². The van der Waals surface area contributed by atoms with Gasteiger partial charge in [0.1, 0.15) is 12.1 Å². The van der Waals surface area contributed by atoms with E-state index in [0.29, 0.717) is 0 Å². The number of benzene rings is 1. The van der Waals surface area contributed by atoms with Gasteiger partial charge in [0.15, 0.2) is 5.65 Å². The lowest BCUT2D eigenvalue weighted by atomic mass is 10.0. The Morgan fingerprint density at radius 1 is 1.16 bits per heavy atom. The van der Waals surface area contributed by atoms with E-state index in [2.05, 4.69) is 49.3 Å². The summed E-state index contributed by atoms with van der Waals surface area (Å²) in [6.45, 7) is 0.980. The van der Waals surface area contributed by atoms with Crippen LogP contribution in [0.3, 0.4) is 0 Å². The molecule has 0 radical (unpaired) electrons. The average molecular weight is 251 g/mol. The third kappa shape index (κ3) is 1.58. The Labute approximate surface area is 110 Å². The van der Waals surface area contributed by atoms with Crippen LogP contribution in [-0.2, 0) is 6.42 Å². The van der Waals surface area contributed by atoms with Crippen molar-refractivity contribution < 1.29 is 0 Å². The molecule has 1 aromatic carbocycles. The molecule has 5 nitrogen and oxygen atoms in total. The highest BCUT2D eigenvalue weighted by atomic mass is 15.2. The van der Waals surface area contributed by atoms with Crippen molar-refractivity contribution in [3.8, 4) is 0 Å². The van der Waals surface area contributed by atoms with Crippen LogP contribution in [0.1, 0.15) is 12.0 Å². The van der Waals surface area contributed by atoms with Crippen molar-refractivity contribution in [2.75, 3.05) is 11.4 Å². The summed E-state index contributed by atoms with van der Waals surface area (Å²) >= 11 is 0. The van der Waals surface area contributed by atoms with Crippen LogP contribution in [0.15, 0.2) is 36.8 Å². The predicted octanol–water partition coefficient (Wildman–Crippen LogP) is 2.44. The number of para-hydroxylation sites is 1. The van der Waals surface area contributed by atoms with E-state index in [1.54, 1.807) is 12.5 Å². The zero-order valence-electron chi connectivity index (χ0n) is 10.4. The highest BCUT2D eigenvalue weighted by Crippen LogP contribution is 2.34. The fourth-order valence-electron chi connectivity index (χ4n) is 2.72. The normalized spacial score (nSPS) is 14.6. The Kier molecular flexibility index (Phi) is 2.24. The second kappa shape index (κ2) is 4.05. The second-order valence-corrected chi connectivity index (χ2v) is 4.71. The van der Waals surface area contributed by atoms with Crippen LogP contribution in [0, 0.1) is 0 Å². The Hall–Kier alpha value is -2.43. The van der Waals surface area contributed by atoms with Gasteiger partial charge in [-0.1, -0.05) is 18.2 Å². The van der Waals surface area contributed by atoms with Crippen LogP contribution in [-0.4, -0.2) is 26.7 Å². The van der Waals surface area contributed by atoms with Crippen molar-refractivity contribution in [3.63, 3.8) is 0 Å². The van der Waals surface area contributed by atoms with Gasteiger partial charge in [-0.25, -0.2) is 9.97 Å². The second-order valence-electron chi connectivity index (χ2n) is 4.71. The summed E-state index contributed by atoms with van der Waals surface area (Å²) in [5.41, 5.74) is 3.41. The molecule has 0 amide bonds. The molecular formula is C14H13N5. The Balaban J connectivity index is 1.92. The molecule has 0 fully saturated rings. The maximum atomic E-state index is 4.46. The molecule has 0 unspecified atom stereocenters. The van der Waals surface area contributed by atoms with Crippen LogP contribution in [0.5, 0.6) is 0 Å². The van der Waals surface area contributed by atoms with E-state index in [4.69, 9.17) is 0 Å². The first kappa shape index (κ1) is 10.5. The van der Waals surface area contributed by atoms with Crippen molar-refractivity contribution in [2.24, 2.45) is 0 Å². The first-order valence-corrected chi connectivity index (χ1v) is 6.43. The predicted molar refractivity (Wildman–Crippen MR) is 73.5 cm³/mol. The molecule has 5 heteroatoms. The topological polar surface area (TPSA) is 57.7 Å². The van der Waals surface area contributed by atoms with E-state index >= 15 is 0 Å². The zero-order chi connectivity index (χ0) is 12.7. The van der Waals surface area contributed by atoms with Gasteiger partial charge in [-0.05, 0) is 24.5 Å². The summed E-state index contributed by atoms with van der Waals surface area (Å²) in [5, 5.41) is 7.93. The van der Waals surface area contributed by atoms with Crippen LogP contribution < -0.4 is 4.90 Å². The molecule has 3 aromatic rings. The van der Waals surface area contributed by atoms with Gasteiger partial charge < -0.3 is 4.90 Å². The van der Waals surface area contributed by atoms with E-state index in [1.165, 1.54) is 11.3 Å². The molecule has 94 valence electrons. The van der Waals surface area contributed by atoms with Crippen molar-refractivity contribution in [1.82, 2.24) is 20.2 Å². The van der Waals surface area contributed by atoms with E-state index < -0.39 is 0 Å². The molecule has 19 heavy (non-hydrogen) atoms. The molecule has 0 saturated carbocycles. The van der Waals surface area contributed by atoms with Crippen molar-refractivity contribution in [3.05, 3.63) is 42.4 Å². The molecule has 0 atom stereocenters. The standard InChI is InChI=1S/C14H13N5/c1-2-6-12-10(4-1)5-3-7-19(12)14-11-8-17-18-13(11)15-9-16-14/h1-2,4,6,8-9H,3,5,7H2,(H,15,16,17,18). The molecule has 3 heterocycles. The Morgan fingerprint density at radius 3 is 3.11 bits per heavy atom. The highest BCUT2D eigenvalue weighted by Gasteiger charge is 2.21. The molecule has 2 aromatic heterocycles. The summed E-state index contributed by atoms with van der Waals surface area (Å²) in [6.07, 6.45) is 5.65. The van der Waals surface area contributed by atoms with Crippen LogP contribution in [0.2, 0.25) is 0 Å². The molecular weight excluding hydrogens is 238 g/mol. The van der Waals surface area contributed by atoms with Gasteiger partial charge >= 0.3 is 0 Å². The summed E-state index contributed by atoms with van der Waals surface area (Å²) in [6, 6.07) is 8.51. The van der Waals surface area contributed by atoms with Crippen molar-refractivity contribution in [2.45, 2.75) is 12.8 Å². The van der Waals surface area contributed by atoms with Gasteiger partial charge in [0.2, 0.25) is 0 Å².